The van der Waals surface area contributed by atoms with Crippen molar-refractivity contribution in [2.45, 2.75) is 64.6 Å². The molecule has 7 rings (SSSR count). The van der Waals surface area contributed by atoms with Crippen molar-refractivity contribution in [3.63, 3.8) is 0 Å². The van der Waals surface area contributed by atoms with Gasteiger partial charge in [0.25, 0.3) is 5.56 Å². The lowest BCUT2D eigenvalue weighted by Gasteiger charge is -2.20. The molecule has 3 atom stereocenters. The van der Waals surface area contributed by atoms with Crippen molar-refractivity contribution >= 4 is 16.9 Å². The number of aromatic nitrogens is 6. The van der Waals surface area contributed by atoms with Crippen LogP contribution in [0.15, 0.2) is 71.5 Å². The zero-order chi connectivity index (χ0) is 31.6. The molecule has 0 bridgehead atoms. The van der Waals surface area contributed by atoms with Crippen LogP contribution in [0.25, 0.3) is 33.4 Å². The van der Waals surface area contributed by atoms with Gasteiger partial charge in [0.05, 0.1) is 30.1 Å². The maximum absolute atomic E-state index is 14.2. The topological polar surface area (TPSA) is 128 Å². The van der Waals surface area contributed by atoms with Crippen LogP contribution in [0.5, 0.6) is 0 Å². The van der Waals surface area contributed by atoms with E-state index >= 15 is 0 Å². The van der Waals surface area contributed by atoms with Crippen LogP contribution in [-0.4, -0.2) is 60.4 Å². The van der Waals surface area contributed by atoms with Crippen LogP contribution in [0.2, 0.25) is 0 Å². The van der Waals surface area contributed by atoms with Gasteiger partial charge in [0.1, 0.15) is 17.8 Å². The Hall–Kier alpha value is -4.74. The Morgan fingerprint density at radius 3 is 2.65 bits per heavy atom. The zero-order valence-electron chi connectivity index (χ0n) is 26.1. The molecular weight excluding hydrogens is 582 g/mol. The molecule has 2 saturated heterocycles. The molecular formula is C35H37N7O4. The number of benzene rings is 3. The number of aromatic amines is 1. The number of aryl methyl sites for hydroxylation is 1. The first kappa shape index (κ1) is 29.9. The van der Waals surface area contributed by atoms with E-state index in [-0.39, 0.29) is 17.6 Å². The Morgan fingerprint density at radius 1 is 1.07 bits per heavy atom. The molecule has 3 aromatic carbocycles. The van der Waals surface area contributed by atoms with E-state index in [1.807, 2.05) is 66.6 Å². The summed E-state index contributed by atoms with van der Waals surface area (Å²) in [4.78, 5) is 38.6. The second kappa shape index (κ2) is 12.9. The number of esters is 1. The fourth-order valence-electron chi connectivity index (χ4n) is 6.78. The molecule has 46 heavy (non-hydrogen) atoms. The first-order valence-electron chi connectivity index (χ1n) is 16.1. The molecule has 0 spiro atoms. The van der Waals surface area contributed by atoms with Crippen molar-refractivity contribution in [1.82, 2.24) is 35.2 Å². The van der Waals surface area contributed by atoms with Crippen molar-refractivity contribution in [3.05, 3.63) is 94.0 Å². The maximum Gasteiger partial charge on any atom is 0.313 e. The van der Waals surface area contributed by atoms with E-state index in [4.69, 9.17) is 14.6 Å². The summed E-state index contributed by atoms with van der Waals surface area (Å²) >= 11 is 0. The highest BCUT2D eigenvalue weighted by Gasteiger charge is 2.50. The largest absolute Gasteiger partial charge is 0.466 e. The first-order valence-corrected chi connectivity index (χ1v) is 16.1. The molecule has 5 aromatic rings. The molecule has 1 N–H and O–H groups in total. The summed E-state index contributed by atoms with van der Waals surface area (Å²) in [6.07, 6.45) is 3.97. The molecule has 11 heteroatoms. The minimum atomic E-state index is -0.510. The van der Waals surface area contributed by atoms with Gasteiger partial charge in [0, 0.05) is 18.5 Å². The van der Waals surface area contributed by atoms with Gasteiger partial charge in [0.2, 0.25) is 5.82 Å². The van der Waals surface area contributed by atoms with Crippen molar-refractivity contribution in [3.8, 4) is 22.5 Å². The monoisotopic (exact) mass is 619 g/mol. The summed E-state index contributed by atoms with van der Waals surface area (Å²) in [5, 5.41) is 17.0. The van der Waals surface area contributed by atoms with E-state index in [1.165, 1.54) is 0 Å². The number of carbonyl (C=O) groups is 1. The van der Waals surface area contributed by atoms with Crippen LogP contribution in [0.4, 0.5) is 0 Å². The van der Waals surface area contributed by atoms with Gasteiger partial charge in [-0.05, 0) is 65.8 Å². The third kappa shape index (κ3) is 5.60. The lowest BCUT2D eigenvalue weighted by atomic mass is 9.89. The van der Waals surface area contributed by atoms with E-state index in [1.54, 1.807) is 4.57 Å². The Balaban J connectivity index is 1.23. The lowest BCUT2D eigenvalue weighted by molar-refractivity contribution is -0.157. The Kier molecular flexibility index (Phi) is 8.42. The van der Waals surface area contributed by atoms with Crippen LogP contribution >= 0.6 is 0 Å². The van der Waals surface area contributed by atoms with Gasteiger partial charge in [-0.15, -0.1) is 10.2 Å². The van der Waals surface area contributed by atoms with Crippen LogP contribution < -0.4 is 5.56 Å². The number of hydrogen-bond acceptors (Lipinski definition) is 9. The molecule has 2 aromatic heterocycles. The number of nitrogens with one attached hydrogen (secondary N) is 1. The van der Waals surface area contributed by atoms with E-state index in [0.717, 1.165) is 65.9 Å². The van der Waals surface area contributed by atoms with Gasteiger partial charge in [-0.3, -0.25) is 19.0 Å². The zero-order valence-corrected chi connectivity index (χ0v) is 26.1. The highest BCUT2D eigenvalue weighted by atomic mass is 16.7. The van der Waals surface area contributed by atoms with Crippen LogP contribution in [0.3, 0.4) is 0 Å². The molecule has 0 aliphatic carbocycles. The normalized spacial score (nSPS) is 19.5. The van der Waals surface area contributed by atoms with Crippen molar-refractivity contribution in [2.75, 3.05) is 13.2 Å². The third-order valence-electron chi connectivity index (χ3n) is 9.06. The molecule has 0 radical (unpaired) electrons. The van der Waals surface area contributed by atoms with E-state index in [0.29, 0.717) is 36.3 Å². The number of tetrazole rings is 1. The highest BCUT2D eigenvalue weighted by molar-refractivity contribution is 5.81. The van der Waals surface area contributed by atoms with Crippen molar-refractivity contribution in [2.24, 2.45) is 5.92 Å². The molecule has 2 unspecified atom stereocenters. The second-order valence-corrected chi connectivity index (χ2v) is 11.9. The number of nitrogens with zero attached hydrogens (tertiary/aromatic N) is 6. The molecule has 236 valence electrons. The van der Waals surface area contributed by atoms with Gasteiger partial charge < -0.3 is 4.74 Å². The quantitative estimate of drug-likeness (QED) is 0.208. The van der Waals surface area contributed by atoms with Crippen molar-refractivity contribution in [1.29, 1.82) is 0 Å². The third-order valence-corrected chi connectivity index (χ3v) is 9.06. The average molecular weight is 620 g/mol. The Morgan fingerprint density at radius 2 is 1.89 bits per heavy atom. The predicted molar refractivity (Wildman–Crippen MR) is 172 cm³/mol. The highest BCUT2D eigenvalue weighted by Crippen LogP contribution is 2.44. The van der Waals surface area contributed by atoms with E-state index < -0.39 is 12.0 Å². The molecule has 0 saturated carbocycles. The molecule has 4 heterocycles. The number of carbonyl (C=O) groups excluding carboxylic acids is 1. The van der Waals surface area contributed by atoms with Gasteiger partial charge in [0.15, 0.2) is 0 Å². The average Bonchev–Trinajstić information content (AvgIpc) is 3.85. The Labute approximate surface area is 266 Å². The van der Waals surface area contributed by atoms with Crippen molar-refractivity contribution < 1.29 is 14.4 Å². The summed E-state index contributed by atoms with van der Waals surface area (Å²) in [6, 6.07) is 21.8. The molecule has 2 fully saturated rings. The molecule has 11 nitrogen and oxygen atoms in total. The second-order valence-electron chi connectivity index (χ2n) is 11.9. The summed E-state index contributed by atoms with van der Waals surface area (Å²) in [5.74, 6) is 0.601. The van der Waals surface area contributed by atoms with Gasteiger partial charge >= 0.3 is 5.97 Å². The number of hydrogen-bond donors (Lipinski definition) is 1. The van der Waals surface area contributed by atoms with Gasteiger partial charge in [-0.25, -0.2) is 4.98 Å². The number of unbranched alkanes of at least 4 members (excludes halogenated alkanes) is 1. The van der Waals surface area contributed by atoms with E-state index in [2.05, 4.69) is 39.7 Å². The number of fused-ring (bicyclic) bond motifs is 2. The van der Waals surface area contributed by atoms with Crippen LogP contribution in [0, 0.1) is 5.92 Å². The van der Waals surface area contributed by atoms with Gasteiger partial charge in [-0.2, -0.15) is 10.3 Å². The fourth-order valence-corrected chi connectivity index (χ4v) is 6.78. The summed E-state index contributed by atoms with van der Waals surface area (Å²) in [7, 11) is 0. The maximum atomic E-state index is 14.2. The van der Waals surface area contributed by atoms with E-state index in [9.17, 15) is 9.59 Å². The number of rotatable bonds is 10. The predicted octanol–water partition coefficient (Wildman–Crippen LogP) is 5.26. The standard InChI is InChI=1S/C35H37N7O4/c1-3-5-12-30-36-28-18-17-24(32-31(35(44)45-4-2)29-11-8-19-42(29)46-32)20-27(28)34(43)41(30)21-22-13-15-23(16-14-22)25-9-6-7-10-26(25)33-37-39-40-38-33/h6-7,9-10,13-18,20,29,31-32H,3-5,8,11-12,19,21H2,1-2H3,(H,37,38,39,40)/t29?,31?,32-/m1/s1. The number of ether oxygens (including phenoxy) is 1. The molecule has 2 aliphatic heterocycles. The fraction of sp³-hybridized carbons (Fsp3) is 0.371. The van der Waals surface area contributed by atoms with Gasteiger partial charge in [-0.1, -0.05) is 67.9 Å². The minimum Gasteiger partial charge on any atom is -0.466 e. The summed E-state index contributed by atoms with van der Waals surface area (Å²) in [5.41, 5.74) is 5.21. The van der Waals surface area contributed by atoms with Crippen LogP contribution in [0.1, 0.15) is 62.6 Å². The Bertz CT molecular complexity index is 1910. The lowest BCUT2D eigenvalue weighted by Crippen LogP contribution is -2.32. The molecule has 2 aliphatic rings. The summed E-state index contributed by atoms with van der Waals surface area (Å²) < 4.78 is 7.26. The smallest absolute Gasteiger partial charge is 0.313 e. The molecule has 0 amide bonds. The first-order chi connectivity index (χ1) is 22.6. The number of H-pyrrole nitrogens is 1. The summed E-state index contributed by atoms with van der Waals surface area (Å²) in [6.45, 7) is 5.43. The minimum absolute atomic E-state index is 0.0203. The SMILES string of the molecule is CCCCc1nc2ccc([C@H]3ON4CCCC4C3C(=O)OCC)cc2c(=O)n1Cc1ccc(-c2ccccc2-c2nn[nH]n2)cc1. The van der Waals surface area contributed by atoms with Crippen LogP contribution in [-0.2, 0) is 27.3 Å². The number of hydroxylamine groups is 2.